The van der Waals surface area contributed by atoms with Gasteiger partial charge in [-0.3, -0.25) is 4.79 Å². The van der Waals surface area contributed by atoms with Gasteiger partial charge in [-0.25, -0.2) is 4.39 Å². The molecular formula is C23H19FN2O. The van der Waals surface area contributed by atoms with E-state index < -0.39 is 11.4 Å². The second-order valence-corrected chi connectivity index (χ2v) is 6.53. The Bertz CT molecular complexity index is 1070. The number of benzene rings is 3. The number of aromatic amines is 1. The van der Waals surface area contributed by atoms with E-state index in [0.717, 1.165) is 16.8 Å². The van der Waals surface area contributed by atoms with Crippen molar-refractivity contribution in [2.75, 3.05) is 4.90 Å². The number of nitrogens with zero attached hydrogens (tertiary/aromatic N) is 1. The molecule has 0 radical (unpaired) electrons. The van der Waals surface area contributed by atoms with Crippen LogP contribution in [0.5, 0.6) is 0 Å². The van der Waals surface area contributed by atoms with Crippen molar-refractivity contribution >= 4 is 16.5 Å². The number of fused-ring (bicyclic) bond motifs is 1. The number of hydrogen-bond acceptors (Lipinski definition) is 2. The predicted molar refractivity (Wildman–Crippen MR) is 107 cm³/mol. The molecule has 0 atom stereocenters. The van der Waals surface area contributed by atoms with Crippen LogP contribution in [0.1, 0.15) is 11.1 Å². The highest BCUT2D eigenvalue weighted by Crippen LogP contribution is 2.26. The molecule has 0 fully saturated rings. The molecule has 0 aliphatic heterocycles. The lowest BCUT2D eigenvalue weighted by molar-refractivity contribution is 0.636. The normalized spacial score (nSPS) is 10.9. The van der Waals surface area contributed by atoms with E-state index in [9.17, 15) is 9.18 Å². The summed E-state index contributed by atoms with van der Waals surface area (Å²) in [5.74, 6) is -0.504. The zero-order valence-corrected chi connectivity index (χ0v) is 14.7. The highest BCUT2D eigenvalue weighted by molar-refractivity contribution is 5.85. The van der Waals surface area contributed by atoms with Crippen LogP contribution >= 0.6 is 0 Å². The molecule has 0 aliphatic rings. The molecule has 0 saturated carbocycles. The first kappa shape index (κ1) is 17.0. The number of hydrogen-bond donors (Lipinski definition) is 1. The Kier molecular flexibility index (Phi) is 4.71. The Balaban J connectivity index is 1.77. The molecule has 27 heavy (non-hydrogen) atoms. The summed E-state index contributed by atoms with van der Waals surface area (Å²) in [5.41, 5.74) is 2.62. The maximum Gasteiger partial charge on any atom is 0.258 e. The van der Waals surface area contributed by atoms with Gasteiger partial charge in [-0.15, -0.1) is 0 Å². The zero-order chi connectivity index (χ0) is 18.6. The van der Waals surface area contributed by atoms with E-state index in [0.29, 0.717) is 18.5 Å². The van der Waals surface area contributed by atoms with Gasteiger partial charge >= 0.3 is 0 Å². The number of nitrogens with one attached hydrogen (secondary N) is 1. The zero-order valence-electron chi connectivity index (χ0n) is 14.7. The number of aromatic nitrogens is 1. The molecule has 0 saturated heterocycles. The molecule has 1 N–H and O–H groups in total. The molecule has 0 aliphatic carbocycles. The van der Waals surface area contributed by atoms with E-state index in [2.05, 4.69) is 34.1 Å². The lowest BCUT2D eigenvalue weighted by Crippen LogP contribution is -2.22. The van der Waals surface area contributed by atoms with E-state index in [-0.39, 0.29) is 5.39 Å². The number of H-pyrrole nitrogens is 1. The summed E-state index contributed by atoms with van der Waals surface area (Å²) in [4.78, 5) is 16.6. The summed E-state index contributed by atoms with van der Waals surface area (Å²) in [7, 11) is 0. The number of rotatable bonds is 5. The van der Waals surface area contributed by atoms with Crippen molar-refractivity contribution in [3.8, 4) is 0 Å². The number of halogens is 1. The van der Waals surface area contributed by atoms with Gasteiger partial charge in [0, 0.05) is 25.0 Å². The second-order valence-electron chi connectivity index (χ2n) is 6.53. The summed E-state index contributed by atoms with van der Waals surface area (Å²) < 4.78 is 14.7. The van der Waals surface area contributed by atoms with Gasteiger partial charge in [0.15, 0.2) is 0 Å². The van der Waals surface area contributed by atoms with Crippen molar-refractivity contribution in [2.24, 2.45) is 0 Å². The van der Waals surface area contributed by atoms with Crippen LogP contribution in [0.2, 0.25) is 0 Å². The third-order valence-corrected chi connectivity index (χ3v) is 4.61. The topological polar surface area (TPSA) is 36.1 Å². The molecule has 134 valence electrons. The highest BCUT2D eigenvalue weighted by Gasteiger charge is 2.13. The maximum atomic E-state index is 14.7. The van der Waals surface area contributed by atoms with Gasteiger partial charge in [0.25, 0.3) is 5.56 Å². The van der Waals surface area contributed by atoms with Crippen LogP contribution in [0, 0.1) is 5.82 Å². The van der Waals surface area contributed by atoms with Crippen LogP contribution in [-0.4, -0.2) is 4.98 Å². The van der Waals surface area contributed by atoms with E-state index in [1.807, 2.05) is 42.5 Å². The molecule has 1 aromatic heterocycles. The van der Waals surface area contributed by atoms with Crippen LogP contribution < -0.4 is 10.5 Å². The average Bonchev–Trinajstić information content (AvgIpc) is 2.69. The summed E-state index contributed by atoms with van der Waals surface area (Å²) in [5, 5.41) is 0.695. The standard InChI is InChI=1S/C23H19FN2O/c24-21-14-20(13-19-11-12-25-23(27)22(19)21)26(15-17-7-3-1-4-8-17)16-18-9-5-2-6-10-18/h1-14H,15-16H2,(H,25,27). The van der Waals surface area contributed by atoms with Crippen molar-refractivity contribution < 1.29 is 4.39 Å². The fourth-order valence-electron chi connectivity index (χ4n) is 3.29. The van der Waals surface area contributed by atoms with Gasteiger partial charge in [-0.2, -0.15) is 0 Å². The van der Waals surface area contributed by atoms with Crippen molar-refractivity contribution in [3.63, 3.8) is 0 Å². The van der Waals surface area contributed by atoms with Gasteiger partial charge in [0.1, 0.15) is 5.82 Å². The molecular weight excluding hydrogens is 339 g/mol. The minimum absolute atomic E-state index is 0.0978. The number of pyridine rings is 1. The minimum Gasteiger partial charge on any atom is -0.363 e. The van der Waals surface area contributed by atoms with Crippen LogP contribution in [0.3, 0.4) is 0 Å². The van der Waals surface area contributed by atoms with Crippen molar-refractivity contribution in [2.45, 2.75) is 13.1 Å². The molecule has 3 aromatic carbocycles. The SMILES string of the molecule is O=c1[nH]ccc2cc(N(Cc3ccccc3)Cc3ccccc3)cc(F)c12. The molecule has 0 amide bonds. The molecule has 0 spiro atoms. The number of anilines is 1. The third kappa shape index (κ3) is 3.75. The highest BCUT2D eigenvalue weighted by atomic mass is 19.1. The summed E-state index contributed by atoms with van der Waals surface area (Å²) in [6.07, 6.45) is 1.55. The second kappa shape index (κ2) is 7.46. The van der Waals surface area contributed by atoms with Crippen LogP contribution in [0.4, 0.5) is 10.1 Å². The Morgan fingerprint density at radius 2 is 1.41 bits per heavy atom. The van der Waals surface area contributed by atoms with Gasteiger partial charge in [-0.05, 0) is 34.7 Å². The minimum atomic E-state index is -0.504. The monoisotopic (exact) mass is 358 g/mol. The van der Waals surface area contributed by atoms with Crippen LogP contribution in [0.15, 0.2) is 89.9 Å². The maximum absolute atomic E-state index is 14.7. The predicted octanol–water partition coefficient (Wildman–Crippen LogP) is 4.87. The van der Waals surface area contributed by atoms with Crippen molar-refractivity contribution in [3.05, 3.63) is 112 Å². The largest absolute Gasteiger partial charge is 0.363 e. The van der Waals surface area contributed by atoms with E-state index in [1.165, 1.54) is 6.07 Å². The molecule has 0 unspecified atom stereocenters. The first-order valence-corrected chi connectivity index (χ1v) is 8.84. The molecule has 1 heterocycles. The summed E-state index contributed by atoms with van der Waals surface area (Å²) in [6.45, 7) is 1.29. The first-order chi connectivity index (χ1) is 13.2. The lowest BCUT2D eigenvalue weighted by Gasteiger charge is -2.26. The molecule has 4 aromatic rings. The van der Waals surface area contributed by atoms with Gasteiger partial charge in [0.2, 0.25) is 0 Å². The smallest absolute Gasteiger partial charge is 0.258 e. The van der Waals surface area contributed by atoms with E-state index in [1.54, 1.807) is 12.3 Å². The quantitative estimate of drug-likeness (QED) is 0.552. The molecule has 0 bridgehead atoms. The summed E-state index contributed by atoms with van der Waals surface area (Å²) in [6, 6.07) is 25.2. The van der Waals surface area contributed by atoms with Crippen LogP contribution in [0.25, 0.3) is 10.8 Å². The fourth-order valence-corrected chi connectivity index (χ4v) is 3.29. The van der Waals surface area contributed by atoms with Crippen LogP contribution in [-0.2, 0) is 13.1 Å². The van der Waals surface area contributed by atoms with E-state index >= 15 is 0 Å². The van der Waals surface area contributed by atoms with Gasteiger partial charge < -0.3 is 9.88 Å². The lowest BCUT2D eigenvalue weighted by atomic mass is 10.1. The van der Waals surface area contributed by atoms with Crippen molar-refractivity contribution in [1.82, 2.24) is 4.98 Å². The average molecular weight is 358 g/mol. The van der Waals surface area contributed by atoms with Gasteiger partial charge in [-0.1, -0.05) is 60.7 Å². The van der Waals surface area contributed by atoms with E-state index in [4.69, 9.17) is 0 Å². The summed E-state index contributed by atoms with van der Waals surface area (Å²) >= 11 is 0. The third-order valence-electron chi connectivity index (χ3n) is 4.61. The Morgan fingerprint density at radius 1 is 0.815 bits per heavy atom. The fraction of sp³-hybridized carbons (Fsp3) is 0.0870. The molecule has 4 rings (SSSR count). The van der Waals surface area contributed by atoms with Crippen molar-refractivity contribution in [1.29, 1.82) is 0 Å². The van der Waals surface area contributed by atoms with Gasteiger partial charge in [0.05, 0.1) is 5.39 Å². The Labute approximate surface area is 156 Å². The Morgan fingerprint density at radius 3 is 2.00 bits per heavy atom. The Hall–Kier alpha value is -3.40. The first-order valence-electron chi connectivity index (χ1n) is 8.84. The molecule has 3 nitrogen and oxygen atoms in total. The molecule has 4 heteroatoms.